The summed E-state index contributed by atoms with van der Waals surface area (Å²) in [6.07, 6.45) is 4.96. The van der Waals surface area contributed by atoms with E-state index in [1.54, 1.807) is 24.5 Å². The van der Waals surface area contributed by atoms with Crippen LogP contribution in [0.5, 0.6) is 0 Å². The predicted octanol–water partition coefficient (Wildman–Crippen LogP) is 0.648. The summed E-state index contributed by atoms with van der Waals surface area (Å²) in [6, 6.07) is 2.96. The number of hydrogen-bond donors (Lipinski definition) is 3. The first-order valence-electron chi connectivity index (χ1n) is 6.17. The van der Waals surface area contributed by atoms with E-state index in [9.17, 15) is 8.42 Å². The molecule has 0 saturated heterocycles. The summed E-state index contributed by atoms with van der Waals surface area (Å²) in [5, 5.41) is 7.37. The van der Waals surface area contributed by atoms with Gasteiger partial charge in [-0.1, -0.05) is 13.3 Å². The number of nitrogens with zero attached hydrogens (tertiary/aromatic N) is 1. The molecule has 6 nitrogen and oxygen atoms in total. The number of hydrogen-bond acceptors (Lipinski definition) is 4. The smallest absolute Gasteiger partial charge is 0.212 e. The minimum Gasteiger partial charge on any atom is -0.386 e. The van der Waals surface area contributed by atoms with Crippen molar-refractivity contribution in [1.29, 1.82) is 5.41 Å². The van der Waals surface area contributed by atoms with Crippen molar-refractivity contribution in [2.45, 2.75) is 32.2 Å². The maximum atomic E-state index is 11.9. The van der Waals surface area contributed by atoms with Gasteiger partial charge in [0.25, 0.3) is 0 Å². The Kier molecular flexibility index (Phi) is 5.91. The number of nitrogens with two attached hydrogens (primary N) is 1. The predicted molar refractivity (Wildman–Crippen MR) is 75.5 cm³/mol. The van der Waals surface area contributed by atoms with Crippen molar-refractivity contribution in [3.05, 3.63) is 30.1 Å². The first-order chi connectivity index (χ1) is 8.94. The van der Waals surface area contributed by atoms with Crippen LogP contribution in [0.3, 0.4) is 0 Å². The average Bonchev–Trinajstić information content (AvgIpc) is 2.37. The van der Waals surface area contributed by atoms with Crippen LogP contribution >= 0.6 is 0 Å². The van der Waals surface area contributed by atoms with E-state index in [0.717, 1.165) is 12.0 Å². The van der Waals surface area contributed by atoms with E-state index in [2.05, 4.69) is 9.71 Å². The topological polar surface area (TPSA) is 109 Å². The van der Waals surface area contributed by atoms with Crippen molar-refractivity contribution in [2.75, 3.05) is 5.75 Å². The Morgan fingerprint density at radius 1 is 1.47 bits per heavy atom. The van der Waals surface area contributed by atoms with Crippen molar-refractivity contribution in [1.82, 2.24) is 9.71 Å². The van der Waals surface area contributed by atoms with Crippen LogP contribution in [0.25, 0.3) is 0 Å². The van der Waals surface area contributed by atoms with E-state index in [1.165, 1.54) is 0 Å². The fraction of sp³-hybridized carbons (Fsp3) is 0.500. The van der Waals surface area contributed by atoms with Gasteiger partial charge in [0.15, 0.2) is 0 Å². The highest BCUT2D eigenvalue weighted by molar-refractivity contribution is 7.89. The highest BCUT2D eigenvalue weighted by atomic mass is 32.2. The number of pyridine rings is 1. The second-order valence-electron chi connectivity index (χ2n) is 4.34. The lowest BCUT2D eigenvalue weighted by molar-refractivity contribution is 0.564. The molecule has 1 unspecified atom stereocenters. The van der Waals surface area contributed by atoms with Crippen molar-refractivity contribution in [3.8, 4) is 0 Å². The van der Waals surface area contributed by atoms with Gasteiger partial charge in [0.2, 0.25) is 10.0 Å². The zero-order valence-corrected chi connectivity index (χ0v) is 11.8. The molecule has 1 atom stereocenters. The van der Waals surface area contributed by atoms with Crippen LogP contribution in [-0.2, 0) is 16.4 Å². The van der Waals surface area contributed by atoms with Crippen LogP contribution in [0.1, 0.15) is 25.3 Å². The zero-order valence-electron chi connectivity index (χ0n) is 11.0. The standard InChI is InChI=1S/C12H20N4O2S/c1-2-3-11(12(13)14)16-19(17,18)9-6-10-4-7-15-8-5-10/h4-5,7-8,11,16H,2-3,6,9H2,1H3,(H3,13,14). The Hall–Kier alpha value is -1.47. The number of aryl methyl sites for hydroxylation is 1. The summed E-state index contributed by atoms with van der Waals surface area (Å²) < 4.78 is 26.3. The lowest BCUT2D eigenvalue weighted by atomic mass is 10.2. The van der Waals surface area contributed by atoms with E-state index < -0.39 is 16.1 Å². The van der Waals surface area contributed by atoms with Gasteiger partial charge < -0.3 is 5.73 Å². The lowest BCUT2D eigenvalue weighted by Crippen LogP contribution is -2.44. The molecule has 7 heteroatoms. The molecule has 0 bridgehead atoms. The normalized spacial score (nSPS) is 13.1. The quantitative estimate of drug-likeness (QED) is 0.481. The number of nitrogens with one attached hydrogen (secondary N) is 2. The molecule has 0 saturated carbocycles. The zero-order chi connectivity index (χ0) is 14.3. The number of amidine groups is 1. The van der Waals surface area contributed by atoms with Gasteiger partial charge in [0.1, 0.15) is 5.84 Å². The fourth-order valence-corrected chi connectivity index (χ4v) is 2.94. The molecule has 0 aliphatic heterocycles. The van der Waals surface area contributed by atoms with Crippen LogP contribution in [0.4, 0.5) is 0 Å². The number of rotatable bonds is 8. The molecule has 19 heavy (non-hydrogen) atoms. The molecule has 0 aliphatic carbocycles. The molecule has 0 radical (unpaired) electrons. The average molecular weight is 284 g/mol. The summed E-state index contributed by atoms with van der Waals surface area (Å²) in [4.78, 5) is 3.88. The molecule has 1 heterocycles. The van der Waals surface area contributed by atoms with E-state index in [-0.39, 0.29) is 11.6 Å². The van der Waals surface area contributed by atoms with Crippen molar-refractivity contribution in [2.24, 2.45) is 5.73 Å². The van der Waals surface area contributed by atoms with E-state index in [4.69, 9.17) is 11.1 Å². The first-order valence-corrected chi connectivity index (χ1v) is 7.82. The third-order valence-electron chi connectivity index (χ3n) is 2.68. The van der Waals surface area contributed by atoms with Crippen molar-refractivity contribution in [3.63, 3.8) is 0 Å². The molecule has 106 valence electrons. The summed E-state index contributed by atoms with van der Waals surface area (Å²) in [7, 11) is -3.44. The van der Waals surface area contributed by atoms with Crippen LogP contribution in [0.2, 0.25) is 0 Å². The molecule has 1 rings (SSSR count). The van der Waals surface area contributed by atoms with E-state index in [0.29, 0.717) is 12.8 Å². The summed E-state index contributed by atoms with van der Waals surface area (Å²) in [6.45, 7) is 1.92. The van der Waals surface area contributed by atoms with Crippen molar-refractivity contribution >= 4 is 15.9 Å². The van der Waals surface area contributed by atoms with Gasteiger partial charge in [-0.05, 0) is 30.5 Å². The molecular weight excluding hydrogens is 264 g/mol. The Bertz CT molecular complexity index is 502. The molecule has 0 amide bonds. The van der Waals surface area contributed by atoms with E-state index in [1.807, 2.05) is 6.92 Å². The molecule has 0 aromatic carbocycles. The van der Waals surface area contributed by atoms with Crippen LogP contribution < -0.4 is 10.5 Å². The second-order valence-corrected chi connectivity index (χ2v) is 6.21. The van der Waals surface area contributed by atoms with Gasteiger partial charge in [-0.15, -0.1) is 0 Å². The summed E-state index contributed by atoms with van der Waals surface area (Å²) in [5.74, 6) is -0.167. The van der Waals surface area contributed by atoms with Gasteiger partial charge in [-0.3, -0.25) is 10.4 Å². The summed E-state index contributed by atoms with van der Waals surface area (Å²) >= 11 is 0. The van der Waals surface area contributed by atoms with Crippen LogP contribution in [0.15, 0.2) is 24.5 Å². The fourth-order valence-electron chi connectivity index (χ4n) is 1.64. The molecule has 1 aromatic heterocycles. The van der Waals surface area contributed by atoms with Gasteiger partial charge in [-0.25, -0.2) is 13.1 Å². The maximum absolute atomic E-state index is 11.9. The summed E-state index contributed by atoms with van der Waals surface area (Å²) in [5.41, 5.74) is 6.30. The molecule has 0 fully saturated rings. The largest absolute Gasteiger partial charge is 0.386 e. The Labute approximate surface area is 114 Å². The van der Waals surface area contributed by atoms with Crippen LogP contribution in [-0.4, -0.2) is 31.0 Å². The van der Waals surface area contributed by atoms with Gasteiger partial charge in [-0.2, -0.15) is 0 Å². The molecular formula is C12H20N4O2S. The minimum atomic E-state index is -3.44. The third kappa shape index (κ3) is 5.80. The van der Waals surface area contributed by atoms with Gasteiger partial charge >= 0.3 is 0 Å². The first kappa shape index (κ1) is 15.6. The monoisotopic (exact) mass is 284 g/mol. The minimum absolute atomic E-state index is 0.0233. The Morgan fingerprint density at radius 3 is 2.63 bits per heavy atom. The Balaban J connectivity index is 2.58. The highest BCUT2D eigenvalue weighted by Crippen LogP contribution is 2.03. The number of sulfonamides is 1. The molecule has 1 aromatic rings. The van der Waals surface area contributed by atoms with Gasteiger partial charge in [0, 0.05) is 12.4 Å². The van der Waals surface area contributed by atoms with E-state index >= 15 is 0 Å². The molecule has 4 N–H and O–H groups in total. The van der Waals surface area contributed by atoms with Crippen LogP contribution in [0, 0.1) is 5.41 Å². The Morgan fingerprint density at radius 2 is 2.11 bits per heavy atom. The molecule has 0 aliphatic rings. The maximum Gasteiger partial charge on any atom is 0.212 e. The van der Waals surface area contributed by atoms with Crippen molar-refractivity contribution < 1.29 is 8.42 Å². The second kappa shape index (κ2) is 7.20. The third-order valence-corrected chi connectivity index (χ3v) is 4.07. The van der Waals surface area contributed by atoms with Gasteiger partial charge in [0.05, 0.1) is 11.8 Å². The number of aromatic nitrogens is 1. The molecule has 0 spiro atoms. The highest BCUT2D eigenvalue weighted by Gasteiger charge is 2.19. The SMILES string of the molecule is CCCC(NS(=O)(=O)CCc1ccncc1)C(=N)N. The lowest BCUT2D eigenvalue weighted by Gasteiger charge is -2.16.